The van der Waals surface area contributed by atoms with E-state index in [0.717, 1.165) is 0 Å². The van der Waals surface area contributed by atoms with Gasteiger partial charge in [-0.05, 0) is 43.0 Å². The quantitative estimate of drug-likeness (QED) is 0.577. The van der Waals surface area contributed by atoms with Crippen LogP contribution in [0.25, 0.3) is 0 Å². The van der Waals surface area contributed by atoms with Gasteiger partial charge in [-0.3, -0.25) is 0 Å². The maximum absolute atomic E-state index is 9.55. The van der Waals surface area contributed by atoms with E-state index in [1.54, 1.807) is 0 Å². The van der Waals surface area contributed by atoms with Crippen LogP contribution in [0, 0.1) is 6.92 Å². The van der Waals surface area contributed by atoms with E-state index in [9.17, 15) is 5.11 Å². The van der Waals surface area contributed by atoms with E-state index in [-0.39, 0.29) is 5.41 Å². The lowest BCUT2D eigenvalue weighted by Gasteiger charge is -2.38. The van der Waals surface area contributed by atoms with Crippen molar-refractivity contribution in [3.8, 4) is 5.75 Å². The number of phenols is 1. The van der Waals surface area contributed by atoms with Crippen LogP contribution < -0.4 is 0 Å². The maximum atomic E-state index is 9.55. The second kappa shape index (κ2) is 13.4. The molecule has 1 fully saturated rings. The molecule has 0 heterocycles. The molecule has 0 aliphatic heterocycles. The topological polar surface area (TPSA) is 20.2 Å². The summed E-state index contributed by atoms with van der Waals surface area (Å²) in [6.45, 7) is 14.1. The van der Waals surface area contributed by atoms with Crippen LogP contribution in [0.4, 0.5) is 0 Å². The lowest BCUT2D eigenvalue weighted by molar-refractivity contribution is 0.345. The van der Waals surface area contributed by atoms with Gasteiger partial charge in [0.05, 0.1) is 0 Å². The van der Waals surface area contributed by atoms with Crippen LogP contribution in [-0.4, -0.2) is 5.11 Å². The van der Waals surface area contributed by atoms with E-state index >= 15 is 0 Å². The second-order valence-corrected chi connectivity index (χ2v) is 6.06. The normalized spacial score (nSPS) is 14.4. The zero-order valence-electron chi connectivity index (χ0n) is 18.1. The van der Waals surface area contributed by atoms with Gasteiger partial charge in [-0.15, -0.1) is 0 Å². The Balaban J connectivity index is 0.000000948. The molecule has 0 unspecified atom stereocenters. The van der Waals surface area contributed by atoms with E-state index in [2.05, 4.69) is 43.3 Å². The smallest absolute Gasteiger partial charge is 0.115 e. The van der Waals surface area contributed by atoms with Crippen LogP contribution >= 0.6 is 0 Å². The number of rotatable bonds is 2. The predicted molar refractivity (Wildman–Crippen MR) is 117 cm³/mol. The Labute approximate surface area is 162 Å². The zero-order chi connectivity index (χ0) is 20.0. The Kier molecular flexibility index (Phi) is 12.5. The number of hydrogen-bond acceptors (Lipinski definition) is 1. The summed E-state index contributed by atoms with van der Waals surface area (Å²) in [5, 5.41) is 9.55. The van der Waals surface area contributed by atoms with E-state index in [4.69, 9.17) is 0 Å². The van der Waals surface area contributed by atoms with Gasteiger partial charge in [0, 0.05) is 5.41 Å². The standard InChI is InChI=1S/C19H22O.3C2H6/c1-15-5-7-16(8-6-15)19(13-3-2-4-14-19)17-9-11-18(20)12-10-17;3*1-2/h5-12,20H,2-4,13-14H2,1H3;3*1-2H3. The second-order valence-electron chi connectivity index (χ2n) is 6.06. The first-order chi connectivity index (χ1) is 12.7. The summed E-state index contributed by atoms with van der Waals surface area (Å²) in [6.07, 6.45) is 6.33. The summed E-state index contributed by atoms with van der Waals surface area (Å²) in [6, 6.07) is 16.8. The first-order valence-electron chi connectivity index (χ1n) is 10.6. The molecule has 0 spiro atoms. The molecular weight excluding hydrogens is 316 g/mol. The fourth-order valence-electron chi connectivity index (χ4n) is 3.55. The molecule has 3 rings (SSSR count). The molecule has 2 aromatic carbocycles. The largest absolute Gasteiger partial charge is 0.508 e. The summed E-state index contributed by atoms with van der Waals surface area (Å²) >= 11 is 0. The van der Waals surface area contributed by atoms with Gasteiger partial charge in [-0.2, -0.15) is 0 Å². The van der Waals surface area contributed by atoms with Gasteiger partial charge in [0.2, 0.25) is 0 Å². The van der Waals surface area contributed by atoms with Gasteiger partial charge in [-0.1, -0.05) is 103 Å². The highest BCUT2D eigenvalue weighted by Gasteiger charge is 2.35. The van der Waals surface area contributed by atoms with E-state index in [0.29, 0.717) is 5.75 Å². The average Bonchev–Trinajstić information content (AvgIpc) is 2.74. The molecule has 1 N–H and O–H groups in total. The molecule has 0 atom stereocenters. The van der Waals surface area contributed by atoms with Crippen molar-refractivity contribution in [3.05, 3.63) is 65.2 Å². The van der Waals surface area contributed by atoms with E-state index in [1.165, 1.54) is 48.8 Å². The Morgan fingerprint density at radius 3 is 1.42 bits per heavy atom. The Bertz CT molecular complexity index is 513. The van der Waals surface area contributed by atoms with Crippen molar-refractivity contribution in [1.82, 2.24) is 0 Å². The van der Waals surface area contributed by atoms with Crippen LogP contribution in [0.3, 0.4) is 0 Å². The van der Waals surface area contributed by atoms with Crippen molar-refractivity contribution < 1.29 is 5.11 Å². The Morgan fingerprint density at radius 2 is 1.00 bits per heavy atom. The van der Waals surface area contributed by atoms with Gasteiger partial charge >= 0.3 is 0 Å². The first-order valence-corrected chi connectivity index (χ1v) is 10.6. The third kappa shape index (κ3) is 6.20. The molecule has 0 saturated heterocycles. The number of aromatic hydroxyl groups is 1. The maximum Gasteiger partial charge on any atom is 0.115 e. The van der Waals surface area contributed by atoms with Crippen LogP contribution in [0.15, 0.2) is 48.5 Å². The van der Waals surface area contributed by atoms with Gasteiger partial charge < -0.3 is 5.11 Å². The van der Waals surface area contributed by atoms with Gasteiger partial charge in [-0.25, -0.2) is 0 Å². The lowest BCUT2D eigenvalue weighted by atomic mass is 9.65. The minimum atomic E-state index is 0.139. The van der Waals surface area contributed by atoms with Gasteiger partial charge in [0.25, 0.3) is 0 Å². The van der Waals surface area contributed by atoms with Crippen molar-refractivity contribution in [2.24, 2.45) is 0 Å². The van der Waals surface area contributed by atoms with Crippen LogP contribution in [-0.2, 0) is 5.41 Å². The monoisotopic (exact) mass is 356 g/mol. The molecule has 1 aliphatic rings. The minimum Gasteiger partial charge on any atom is -0.508 e. The highest BCUT2D eigenvalue weighted by molar-refractivity contribution is 5.42. The molecule has 1 saturated carbocycles. The van der Waals surface area contributed by atoms with Crippen molar-refractivity contribution in [1.29, 1.82) is 0 Å². The molecule has 1 heteroatoms. The fourth-order valence-corrected chi connectivity index (χ4v) is 3.55. The predicted octanol–water partition coefficient (Wildman–Crippen LogP) is 8.03. The van der Waals surface area contributed by atoms with Crippen LogP contribution in [0.2, 0.25) is 0 Å². The highest BCUT2D eigenvalue weighted by atomic mass is 16.3. The molecule has 0 aromatic heterocycles. The third-order valence-electron chi connectivity index (χ3n) is 4.73. The lowest BCUT2D eigenvalue weighted by Crippen LogP contribution is -2.30. The van der Waals surface area contributed by atoms with Crippen LogP contribution in [0.5, 0.6) is 5.75 Å². The number of benzene rings is 2. The molecule has 0 radical (unpaired) electrons. The molecule has 146 valence electrons. The highest BCUT2D eigenvalue weighted by Crippen LogP contribution is 2.45. The fraction of sp³-hybridized carbons (Fsp3) is 0.520. The summed E-state index contributed by atoms with van der Waals surface area (Å²) in [5.74, 6) is 0.351. The first kappa shape index (κ1) is 24.2. The summed E-state index contributed by atoms with van der Waals surface area (Å²) in [7, 11) is 0. The van der Waals surface area contributed by atoms with Crippen molar-refractivity contribution in [3.63, 3.8) is 0 Å². The number of hydrogen-bond donors (Lipinski definition) is 1. The van der Waals surface area contributed by atoms with Crippen LogP contribution in [0.1, 0.15) is 90.3 Å². The Morgan fingerprint density at radius 1 is 0.615 bits per heavy atom. The molecule has 1 aliphatic carbocycles. The third-order valence-corrected chi connectivity index (χ3v) is 4.73. The molecule has 1 nitrogen and oxygen atoms in total. The van der Waals surface area contributed by atoms with Gasteiger partial charge in [0.1, 0.15) is 5.75 Å². The summed E-state index contributed by atoms with van der Waals surface area (Å²) in [4.78, 5) is 0. The summed E-state index contributed by atoms with van der Waals surface area (Å²) < 4.78 is 0. The number of aryl methyl sites for hydroxylation is 1. The number of phenolic OH excluding ortho intramolecular Hbond substituents is 1. The molecule has 0 bridgehead atoms. The van der Waals surface area contributed by atoms with Crippen molar-refractivity contribution >= 4 is 0 Å². The Hall–Kier alpha value is -1.76. The van der Waals surface area contributed by atoms with Gasteiger partial charge in [0.15, 0.2) is 0 Å². The zero-order valence-corrected chi connectivity index (χ0v) is 18.1. The molecule has 2 aromatic rings. The van der Waals surface area contributed by atoms with Crippen molar-refractivity contribution in [2.45, 2.75) is 86.0 Å². The minimum absolute atomic E-state index is 0.139. The SMILES string of the molecule is CC.CC.CC.Cc1ccc(C2(c3ccc(O)cc3)CCCCC2)cc1. The molecule has 0 amide bonds. The molecular formula is C25H40O. The van der Waals surface area contributed by atoms with Crippen molar-refractivity contribution in [2.75, 3.05) is 0 Å². The van der Waals surface area contributed by atoms with E-state index < -0.39 is 0 Å². The summed E-state index contributed by atoms with van der Waals surface area (Å²) in [5.41, 5.74) is 4.22. The molecule has 26 heavy (non-hydrogen) atoms. The average molecular weight is 357 g/mol. The van der Waals surface area contributed by atoms with E-state index in [1.807, 2.05) is 53.7 Å².